The average molecular weight is 188 g/mol. The Hall–Kier alpha value is -0.810. The molecule has 5 nitrogen and oxygen atoms in total. The lowest BCUT2D eigenvalue weighted by Gasteiger charge is -2.05. The molecule has 13 heavy (non-hydrogen) atoms. The molecule has 0 unspecified atom stereocenters. The Morgan fingerprint density at radius 1 is 1.54 bits per heavy atom. The first-order valence-corrected chi connectivity index (χ1v) is 4.51. The highest BCUT2D eigenvalue weighted by Gasteiger charge is 1.93. The van der Waals surface area contributed by atoms with Crippen LogP contribution < -0.4 is 17.0 Å². The van der Waals surface area contributed by atoms with Crippen molar-refractivity contribution in [2.45, 2.75) is 20.3 Å². The number of guanidine groups is 1. The van der Waals surface area contributed by atoms with Crippen molar-refractivity contribution < 1.29 is 4.74 Å². The monoisotopic (exact) mass is 188 g/mol. The molecule has 0 rings (SSSR count). The highest BCUT2D eigenvalue weighted by molar-refractivity contribution is 5.76. The van der Waals surface area contributed by atoms with Crippen LogP contribution >= 0.6 is 0 Å². The lowest BCUT2D eigenvalue weighted by Crippen LogP contribution is -2.37. The van der Waals surface area contributed by atoms with Crippen LogP contribution in [-0.4, -0.2) is 25.7 Å². The van der Waals surface area contributed by atoms with Gasteiger partial charge in [-0.25, -0.2) is 5.84 Å². The second-order valence-corrected chi connectivity index (χ2v) is 3.23. The normalized spacial score (nSPS) is 12.2. The van der Waals surface area contributed by atoms with Crippen molar-refractivity contribution in [1.29, 1.82) is 0 Å². The summed E-state index contributed by atoms with van der Waals surface area (Å²) in [7, 11) is 0. The number of aliphatic imine (C=N–C) groups is 1. The summed E-state index contributed by atoms with van der Waals surface area (Å²) in [6.45, 7) is 6.41. The molecule has 0 radical (unpaired) electrons. The van der Waals surface area contributed by atoms with Crippen molar-refractivity contribution in [3.05, 3.63) is 0 Å². The Labute approximate surface area is 79.5 Å². The van der Waals surface area contributed by atoms with Gasteiger partial charge in [0.15, 0.2) is 0 Å². The van der Waals surface area contributed by atoms with Crippen molar-refractivity contribution in [2.75, 3.05) is 19.8 Å². The number of rotatable bonds is 6. The highest BCUT2D eigenvalue weighted by atomic mass is 16.5. The molecule has 0 atom stereocenters. The molecule has 0 aromatic carbocycles. The van der Waals surface area contributed by atoms with Crippen LogP contribution in [0.4, 0.5) is 0 Å². The molecule has 0 aromatic rings. The summed E-state index contributed by atoms with van der Waals surface area (Å²) in [5.41, 5.74) is 7.57. The molecule has 0 saturated carbocycles. The minimum Gasteiger partial charge on any atom is -0.381 e. The second kappa shape index (κ2) is 7.82. The predicted molar refractivity (Wildman–Crippen MR) is 54.1 cm³/mol. The van der Waals surface area contributed by atoms with E-state index in [4.69, 9.17) is 16.3 Å². The van der Waals surface area contributed by atoms with Gasteiger partial charge in [0.2, 0.25) is 5.96 Å². The van der Waals surface area contributed by atoms with Crippen LogP contribution in [0.2, 0.25) is 0 Å². The van der Waals surface area contributed by atoms with Gasteiger partial charge < -0.3 is 10.5 Å². The van der Waals surface area contributed by atoms with E-state index in [0.717, 1.165) is 19.6 Å². The number of ether oxygens (including phenoxy) is 1. The molecule has 0 aliphatic heterocycles. The second-order valence-electron chi connectivity index (χ2n) is 3.23. The molecule has 0 aliphatic rings. The smallest absolute Gasteiger partial charge is 0.203 e. The van der Waals surface area contributed by atoms with Gasteiger partial charge in [0.25, 0.3) is 0 Å². The first-order chi connectivity index (χ1) is 6.16. The van der Waals surface area contributed by atoms with Crippen LogP contribution in [0.25, 0.3) is 0 Å². The van der Waals surface area contributed by atoms with E-state index in [2.05, 4.69) is 24.3 Å². The van der Waals surface area contributed by atoms with E-state index in [9.17, 15) is 0 Å². The maximum atomic E-state index is 5.35. The molecule has 0 saturated heterocycles. The largest absolute Gasteiger partial charge is 0.381 e. The Morgan fingerprint density at radius 2 is 2.23 bits per heavy atom. The number of nitrogens with one attached hydrogen (secondary N) is 1. The van der Waals surface area contributed by atoms with Gasteiger partial charge in [-0.1, -0.05) is 13.8 Å². The Morgan fingerprint density at radius 3 is 2.77 bits per heavy atom. The third kappa shape index (κ3) is 9.10. The molecule has 0 aromatic heterocycles. The summed E-state index contributed by atoms with van der Waals surface area (Å²) in [5.74, 6) is 5.87. The first-order valence-electron chi connectivity index (χ1n) is 4.51. The van der Waals surface area contributed by atoms with E-state index in [0.29, 0.717) is 12.5 Å². The fourth-order valence-electron chi connectivity index (χ4n) is 0.731. The van der Waals surface area contributed by atoms with Gasteiger partial charge in [-0.05, 0) is 12.3 Å². The number of nitrogens with zero attached hydrogens (tertiary/aromatic N) is 1. The van der Waals surface area contributed by atoms with Gasteiger partial charge >= 0.3 is 0 Å². The number of hydrogen-bond donors (Lipinski definition) is 3. The summed E-state index contributed by atoms with van der Waals surface area (Å²) in [6.07, 6.45) is 0.870. The summed E-state index contributed by atoms with van der Waals surface area (Å²) >= 11 is 0. The van der Waals surface area contributed by atoms with Crippen LogP contribution in [0.5, 0.6) is 0 Å². The van der Waals surface area contributed by atoms with Gasteiger partial charge in [0, 0.05) is 19.8 Å². The van der Waals surface area contributed by atoms with E-state index < -0.39 is 0 Å². The minimum absolute atomic E-state index is 0.267. The van der Waals surface area contributed by atoms with Gasteiger partial charge in [0.1, 0.15) is 0 Å². The van der Waals surface area contributed by atoms with Crippen LogP contribution in [0.15, 0.2) is 4.99 Å². The highest BCUT2D eigenvalue weighted by Crippen LogP contribution is 1.93. The number of hydrogen-bond acceptors (Lipinski definition) is 3. The van der Waals surface area contributed by atoms with Crippen LogP contribution in [-0.2, 0) is 4.74 Å². The molecular weight excluding hydrogens is 168 g/mol. The van der Waals surface area contributed by atoms with Crippen molar-refractivity contribution in [3.8, 4) is 0 Å². The third-order valence-corrected chi connectivity index (χ3v) is 1.33. The van der Waals surface area contributed by atoms with Crippen LogP contribution in [0, 0.1) is 5.92 Å². The Bertz CT molecular complexity index is 147. The summed E-state index contributed by atoms with van der Waals surface area (Å²) < 4.78 is 5.35. The van der Waals surface area contributed by atoms with Crippen LogP contribution in [0.1, 0.15) is 20.3 Å². The van der Waals surface area contributed by atoms with E-state index >= 15 is 0 Å². The van der Waals surface area contributed by atoms with Crippen molar-refractivity contribution in [1.82, 2.24) is 5.43 Å². The first kappa shape index (κ1) is 12.2. The zero-order chi connectivity index (χ0) is 10.1. The maximum absolute atomic E-state index is 5.35. The van der Waals surface area contributed by atoms with Crippen molar-refractivity contribution >= 4 is 5.96 Å². The molecule has 0 heterocycles. The Balaban J connectivity index is 3.17. The van der Waals surface area contributed by atoms with E-state index in [1.54, 1.807) is 0 Å². The zero-order valence-corrected chi connectivity index (χ0v) is 8.42. The van der Waals surface area contributed by atoms with E-state index in [1.165, 1.54) is 0 Å². The quantitative estimate of drug-likeness (QED) is 0.177. The van der Waals surface area contributed by atoms with Gasteiger partial charge in [0.05, 0.1) is 0 Å². The topological polar surface area (TPSA) is 85.7 Å². The third-order valence-electron chi connectivity index (χ3n) is 1.33. The molecule has 78 valence electrons. The lowest BCUT2D eigenvalue weighted by atomic mass is 10.2. The van der Waals surface area contributed by atoms with E-state index in [-0.39, 0.29) is 5.96 Å². The number of hydrazine groups is 1. The van der Waals surface area contributed by atoms with Crippen LogP contribution in [0.3, 0.4) is 0 Å². The van der Waals surface area contributed by atoms with Crippen molar-refractivity contribution in [3.63, 3.8) is 0 Å². The summed E-state index contributed by atoms with van der Waals surface area (Å²) in [4.78, 5) is 3.94. The predicted octanol–water partition coefficient (Wildman–Crippen LogP) is -0.173. The molecule has 0 amide bonds. The molecule has 0 bridgehead atoms. The molecule has 0 spiro atoms. The fourth-order valence-corrected chi connectivity index (χ4v) is 0.731. The molecule has 5 N–H and O–H groups in total. The Kier molecular flexibility index (Phi) is 7.33. The minimum atomic E-state index is 0.267. The summed E-state index contributed by atoms with van der Waals surface area (Å²) in [6, 6.07) is 0. The molecular formula is C8H20N4O. The van der Waals surface area contributed by atoms with Crippen molar-refractivity contribution in [2.24, 2.45) is 22.5 Å². The lowest BCUT2D eigenvalue weighted by molar-refractivity contribution is 0.109. The maximum Gasteiger partial charge on any atom is 0.203 e. The number of nitrogens with two attached hydrogens (primary N) is 2. The standard InChI is InChI=1S/C8H20N4O/c1-7(2)6-13-5-3-4-11-8(9)12-10/h7H,3-6,10H2,1-2H3,(H3,9,11,12). The summed E-state index contributed by atoms with van der Waals surface area (Å²) in [5, 5.41) is 0. The SMILES string of the molecule is CC(C)COCCCN=C(N)NN. The van der Waals surface area contributed by atoms with Gasteiger partial charge in [-0.2, -0.15) is 0 Å². The molecule has 0 aliphatic carbocycles. The fraction of sp³-hybridized carbons (Fsp3) is 0.875. The van der Waals surface area contributed by atoms with Gasteiger partial charge in [-0.15, -0.1) is 0 Å². The zero-order valence-electron chi connectivity index (χ0n) is 8.42. The average Bonchev–Trinajstić information content (AvgIpc) is 2.10. The molecule has 0 fully saturated rings. The van der Waals surface area contributed by atoms with Gasteiger partial charge in [-0.3, -0.25) is 10.4 Å². The van der Waals surface area contributed by atoms with E-state index in [1.807, 2.05) is 0 Å². The molecule has 5 heteroatoms.